The zero-order valence-electron chi connectivity index (χ0n) is 19.6. The number of carbonyl (C=O) groups is 1. The molecule has 1 atom stereocenters. The van der Waals surface area contributed by atoms with E-state index in [9.17, 15) is 4.79 Å². The van der Waals surface area contributed by atoms with Crippen LogP contribution in [-0.4, -0.2) is 10.9 Å². The number of oxazole rings is 1. The summed E-state index contributed by atoms with van der Waals surface area (Å²) < 4.78 is 5.94. The second kappa shape index (κ2) is 9.86. The lowest BCUT2D eigenvalue weighted by Gasteiger charge is -2.07. The van der Waals surface area contributed by atoms with Crippen LogP contribution in [0.1, 0.15) is 62.6 Å². The Morgan fingerprint density at radius 2 is 1.67 bits per heavy atom. The number of aromatic nitrogens is 1. The standard InChI is InChI=1S/C29H30N2O2/c1-5-20(4)24-13-16-27-26(18-24)31-29(33-27)23-11-14-25(15-12-23)30-28(32)17-8-21-6-9-22(10-7-21)19(2)3/h6-20H,5H2,1-4H3,(H,30,32)/b17-8+. The van der Waals surface area contributed by atoms with Crippen LogP contribution in [0.15, 0.2) is 77.2 Å². The van der Waals surface area contributed by atoms with Gasteiger partial charge in [-0.3, -0.25) is 4.79 Å². The molecule has 0 aliphatic heterocycles. The van der Waals surface area contributed by atoms with Crippen molar-refractivity contribution in [3.05, 3.63) is 89.5 Å². The van der Waals surface area contributed by atoms with Crippen molar-refractivity contribution in [2.24, 2.45) is 0 Å². The van der Waals surface area contributed by atoms with Gasteiger partial charge in [-0.25, -0.2) is 4.98 Å². The van der Waals surface area contributed by atoms with Crippen LogP contribution in [0.4, 0.5) is 5.69 Å². The highest BCUT2D eigenvalue weighted by molar-refractivity contribution is 6.02. The Bertz CT molecular complexity index is 1270. The summed E-state index contributed by atoms with van der Waals surface area (Å²) in [6.07, 6.45) is 4.46. The normalized spacial score (nSPS) is 12.5. The summed E-state index contributed by atoms with van der Waals surface area (Å²) in [5.41, 5.74) is 6.79. The van der Waals surface area contributed by atoms with E-state index in [2.05, 4.69) is 62.3 Å². The Morgan fingerprint density at radius 1 is 0.970 bits per heavy atom. The molecule has 1 heterocycles. The molecule has 1 aromatic heterocycles. The van der Waals surface area contributed by atoms with Gasteiger partial charge in [-0.1, -0.05) is 58.0 Å². The molecule has 4 rings (SSSR count). The van der Waals surface area contributed by atoms with E-state index in [0.29, 0.717) is 17.7 Å². The molecule has 4 heteroatoms. The molecular formula is C29H30N2O2. The first-order valence-corrected chi connectivity index (χ1v) is 11.5. The molecule has 0 spiro atoms. The van der Waals surface area contributed by atoms with Crippen LogP contribution in [0.3, 0.4) is 0 Å². The fourth-order valence-electron chi connectivity index (χ4n) is 3.65. The third-order valence-electron chi connectivity index (χ3n) is 6.02. The van der Waals surface area contributed by atoms with E-state index in [1.807, 2.05) is 48.5 Å². The molecule has 1 amide bonds. The summed E-state index contributed by atoms with van der Waals surface area (Å²) >= 11 is 0. The van der Waals surface area contributed by atoms with Crippen molar-refractivity contribution in [2.45, 2.75) is 46.0 Å². The van der Waals surface area contributed by atoms with Crippen LogP contribution in [0.25, 0.3) is 28.6 Å². The van der Waals surface area contributed by atoms with Gasteiger partial charge in [-0.2, -0.15) is 0 Å². The highest BCUT2D eigenvalue weighted by Crippen LogP contribution is 2.28. The fourth-order valence-corrected chi connectivity index (χ4v) is 3.65. The molecule has 4 nitrogen and oxygen atoms in total. The Kier molecular flexibility index (Phi) is 6.74. The number of carbonyl (C=O) groups excluding carboxylic acids is 1. The highest BCUT2D eigenvalue weighted by atomic mass is 16.3. The van der Waals surface area contributed by atoms with Gasteiger partial charge in [0, 0.05) is 17.3 Å². The van der Waals surface area contributed by atoms with Crippen molar-refractivity contribution in [1.82, 2.24) is 4.98 Å². The van der Waals surface area contributed by atoms with Gasteiger partial charge in [0.15, 0.2) is 5.58 Å². The molecule has 4 aromatic rings. The molecule has 0 saturated heterocycles. The first-order chi connectivity index (χ1) is 15.9. The van der Waals surface area contributed by atoms with E-state index in [1.54, 1.807) is 6.08 Å². The van der Waals surface area contributed by atoms with Crippen molar-refractivity contribution in [3.8, 4) is 11.5 Å². The maximum Gasteiger partial charge on any atom is 0.248 e. The van der Waals surface area contributed by atoms with Crippen LogP contribution in [0.2, 0.25) is 0 Å². The van der Waals surface area contributed by atoms with E-state index >= 15 is 0 Å². The van der Waals surface area contributed by atoms with Crippen LogP contribution >= 0.6 is 0 Å². The van der Waals surface area contributed by atoms with Gasteiger partial charge >= 0.3 is 0 Å². The van der Waals surface area contributed by atoms with Crippen molar-refractivity contribution in [3.63, 3.8) is 0 Å². The molecule has 0 aliphatic rings. The first-order valence-electron chi connectivity index (χ1n) is 11.5. The van der Waals surface area contributed by atoms with Crippen LogP contribution < -0.4 is 5.32 Å². The molecule has 1 unspecified atom stereocenters. The molecule has 3 aromatic carbocycles. The first kappa shape index (κ1) is 22.5. The number of hydrogen-bond acceptors (Lipinski definition) is 3. The van der Waals surface area contributed by atoms with Gasteiger partial charge < -0.3 is 9.73 Å². The van der Waals surface area contributed by atoms with E-state index in [-0.39, 0.29) is 5.91 Å². The van der Waals surface area contributed by atoms with Gasteiger partial charge in [0.05, 0.1) is 0 Å². The summed E-state index contributed by atoms with van der Waals surface area (Å²) in [6.45, 7) is 8.73. The maximum absolute atomic E-state index is 12.3. The summed E-state index contributed by atoms with van der Waals surface area (Å²) in [6, 6.07) is 22.0. The Morgan fingerprint density at radius 3 is 2.33 bits per heavy atom. The van der Waals surface area contributed by atoms with E-state index in [0.717, 1.165) is 34.3 Å². The predicted molar refractivity (Wildman–Crippen MR) is 136 cm³/mol. The second-order valence-corrected chi connectivity index (χ2v) is 8.78. The number of nitrogens with one attached hydrogen (secondary N) is 1. The van der Waals surface area contributed by atoms with Crippen LogP contribution in [-0.2, 0) is 4.79 Å². The average molecular weight is 439 g/mol. The van der Waals surface area contributed by atoms with Gasteiger partial charge in [0.2, 0.25) is 11.8 Å². The Labute approximate surface area is 195 Å². The van der Waals surface area contributed by atoms with Crippen molar-refractivity contribution >= 4 is 28.8 Å². The molecule has 0 bridgehead atoms. The third kappa shape index (κ3) is 5.40. The average Bonchev–Trinajstić information content (AvgIpc) is 3.26. The number of anilines is 1. The maximum atomic E-state index is 12.3. The largest absolute Gasteiger partial charge is 0.436 e. The van der Waals surface area contributed by atoms with E-state index < -0.39 is 0 Å². The summed E-state index contributed by atoms with van der Waals surface area (Å²) in [5, 5.41) is 2.90. The predicted octanol–water partition coefficient (Wildman–Crippen LogP) is 7.78. The monoisotopic (exact) mass is 438 g/mol. The molecular weight excluding hydrogens is 408 g/mol. The van der Waals surface area contributed by atoms with Gasteiger partial charge in [0.25, 0.3) is 0 Å². The minimum absolute atomic E-state index is 0.171. The Balaban J connectivity index is 1.42. The van der Waals surface area contributed by atoms with Gasteiger partial charge in [-0.15, -0.1) is 0 Å². The fraction of sp³-hybridized carbons (Fsp3) is 0.241. The van der Waals surface area contributed by atoms with Crippen molar-refractivity contribution in [2.75, 3.05) is 5.32 Å². The number of benzene rings is 3. The quantitative estimate of drug-likeness (QED) is 0.300. The number of nitrogens with zero attached hydrogens (tertiary/aromatic N) is 1. The highest BCUT2D eigenvalue weighted by Gasteiger charge is 2.11. The van der Waals surface area contributed by atoms with Crippen LogP contribution in [0.5, 0.6) is 0 Å². The minimum atomic E-state index is -0.171. The zero-order chi connectivity index (χ0) is 23.4. The lowest BCUT2D eigenvalue weighted by atomic mass is 9.98. The molecule has 0 radical (unpaired) electrons. The molecule has 33 heavy (non-hydrogen) atoms. The van der Waals surface area contributed by atoms with Gasteiger partial charge in [0.1, 0.15) is 5.52 Å². The van der Waals surface area contributed by atoms with Gasteiger partial charge in [-0.05, 0) is 77.4 Å². The third-order valence-corrected chi connectivity index (χ3v) is 6.02. The summed E-state index contributed by atoms with van der Waals surface area (Å²) in [7, 11) is 0. The molecule has 0 aliphatic carbocycles. The Hall–Kier alpha value is -3.66. The number of amides is 1. The summed E-state index contributed by atoms with van der Waals surface area (Å²) in [5.74, 6) is 1.39. The van der Waals surface area contributed by atoms with Crippen molar-refractivity contribution < 1.29 is 9.21 Å². The topological polar surface area (TPSA) is 55.1 Å². The minimum Gasteiger partial charge on any atom is -0.436 e. The zero-order valence-corrected chi connectivity index (χ0v) is 19.6. The van der Waals surface area contributed by atoms with E-state index in [1.165, 1.54) is 11.1 Å². The number of fused-ring (bicyclic) bond motifs is 1. The number of hydrogen-bond donors (Lipinski definition) is 1. The molecule has 0 saturated carbocycles. The number of rotatable bonds is 7. The second-order valence-electron chi connectivity index (χ2n) is 8.78. The molecule has 168 valence electrons. The van der Waals surface area contributed by atoms with Crippen LogP contribution in [0, 0.1) is 0 Å². The lowest BCUT2D eigenvalue weighted by Crippen LogP contribution is -2.07. The van der Waals surface area contributed by atoms with Crippen molar-refractivity contribution in [1.29, 1.82) is 0 Å². The smallest absolute Gasteiger partial charge is 0.248 e. The molecule has 1 N–H and O–H groups in total. The lowest BCUT2D eigenvalue weighted by molar-refractivity contribution is -0.111. The molecule has 0 fully saturated rings. The SMILES string of the molecule is CCC(C)c1ccc2oc(-c3ccc(NC(=O)/C=C/c4ccc(C(C)C)cc4)cc3)nc2c1. The van der Waals surface area contributed by atoms with E-state index in [4.69, 9.17) is 4.42 Å². The summed E-state index contributed by atoms with van der Waals surface area (Å²) in [4.78, 5) is 17.0.